The normalized spacial score (nSPS) is 11.2. The van der Waals surface area contributed by atoms with Crippen LogP contribution in [0.1, 0.15) is 38.4 Å². The molecule has 17 heavy (non-hydrogen) atoms. The van der Waals surface area contributed by atoms with E-state index in [1.807, 2.05) is 16.9 Å². The van der Waals surface area contributed by atoms with Crippen LogP contribution < -0.4 is 5.73 Å². The molecule has 0 saturated carbocycles. The average molecular weight is 234 g/mol. The first-order chi connectivity index (χ1) is 8.22. The molecular formula is C11H18N6. The lowest BCUT2D eigenvalue weighted by molar-refractivity contribution is 0.424. The number of nitrogens with two attached hydrogens (primary N) is 1. The zero-order valence-electron chi connectivity index (χ0n) is 10.2. The number of anilines is 1. The Kier molecular flexibility index (Phi) is 3.41. The number of nitrogen functional groups attached to an aromatic ring is 1. The van der Waals surface area contributed by atoms with Crippen molar-refractivity contribution in [1.82, 2.24) is 24.5 Å². The molecule has 0 amide bonds. The van der Waals surface area contributed by atoms with E-state index in [0.29, 0.717) is 18.5 Å². The summed E-state index contributed by atoms with van der Waals surface area (Å²) >= 11 is 0. The maximum atomic E-state index is 5.46. The smallest absolute Gasteiger partial charge is 0.239 e. The summed E-state index contributed by atoms with van der Waals surface area (Å²) in [6.45, 7) is 4.96. The first kappa shape index (κ1) is 11.6. The van der Waals surface area contributed by atoms with Gasteiger partial charge in [-0.05, 0) is 18.9 Å². The fourth-order valence-electron chi connectivity index (χ4n) is 1.88. The molecule has 0 unspecified atom stereocenters. The summed E-state index contributed by atoms with van der Waals surface area (Å²) in [5.41, 5.74) is 6.43. The van der Waals surface area contributed by atoms with Gasteiger partial charge < -0.3 is 5.73 Å². The lowest BCUT2D eigenvalue weighted by Gasteiger charge is -2.12. The molecule has 2 heterocycles. The lowest BCUT2D eigenvalue weighted by atomic mass is 10.2. The van der Waals surface area contributed by atoms with Crippen LogP contribution in [0.25, 0.3) is 0 Å². The van der Waals surface area contributed by atoms with E-state index in [0.717, 1.165) is 18.5 Å². The van der Waals surface area contributed by atoms with Crippen molar-refractivity contribution in [1.29, 1.82) is 0 Å². The molecule has 2 aromatic heterocycles. The Morgan fingerprint density at radius 3 is 2.65 bits per heavy atom. The Morgan fingerprint density at radius 1 is 1.29 bits per heavy atom. The summed E-state index contributed by atoms with van der Waals surface area (Å²) < 4.78 is 3.71. The van der Waals surface area contributed by atoms with Crippen molar-refractivity contribution >= 4 is 5.95 Å². The van der Waals surface area contributed by atoms with E-state index in [1.54, 1.807) is 11.0 Å². The molecule has 0 aliphatic rings. The summed E-state index contributed by atoms with van der Waals surface area (Å²) in [7, 11) is 0. The highest BCUT2D eigenvalue weighted by molar-refractivity contribution is 5.10. The van der Waals surface area contributed by atoms with E-state index in [2.05, 4.69) is 29.0 Å². The van der Waals surface area contributed by atoms with Gasteiger partial charge in [0.25, 0.3) is 0 Å². The van der Waals surface area contributed by atoms with Crippen molar-refractivity contribution in [2.75, 3.05) is 5.73 Å². The molecule has 92 valence electrons. The second kappa shape index (κ2) is 4.99. The van der Waals surface area contributed by atoms with E-state index >= 15 is 0 Å². The molecule has 0 bridgehead atoms. The third-order valence-corrected chi connectivity index (χ3v) is 2.86. The van der Waals surface area contributed by atoms with Crippen LogP contribution in [-0.4, -0.2) is 24.5 Å². The topological polar surface area (TPSA) is 74.5 Å². The zero-order chi connectivity index (χ0) is 12.3. The quantitative estimate of drug-likeness (QED) is 0.850. The fraction of sp³-hybridized carbons (Fsp3) is 0.545. The van der Waals surface area contributed by atoms with Crippen LogP contribution in [0, 0.1) is 0 Å². The van der Waals surface area contributed by atoms with E-state index < -0.39 is 0 Å². The van der Waals surface area contributed by atoms with E-state index in [1.165, 1.54) is 0 Å². The number of hydrogen-bond acceptors (Lipinski definition) is 4. The minimum atomic E-state index is 0.296. The first-order valence-corrected chi connectivity index (χ1v) is 5.91. The molecule has 0 aromatic carbocycles. The largest absolute Gasteiger partial charge is 0.367 e. The molecule has 2 aromatic rings. The van der Waals surface area contributed by atoms with Gasteiger partial charge in [0.15, 0.2) is 0 Å². The summed E-state index contributed by atoms with van der Waals surface area (Å²) in [5.74, 6) is 0.296. The molecule has 0 atom stereocenters. The van der Waals surface area contributed by atoms with Crippen molar-refractivity contribution in [2.45, 2.75) is 39.3 Å². The standard InChI is InChI=1S/C11H18N6/c1-3-10(4-2)17-6-5-9(14-17)7-16-8-13-11(12)15-16/h5-6,8,10H,3-4,7H2,1-2H3,(H2,12,15). The Balaban J connectivity index is 2.08. The van der Waals surface area contributed by atoms with Gasteiger partial charge in [0.1, 0.15) is 6.33 Å². The molecule has 6 heteroatoms. The van der Waals surface area contributed by atoms with Crippen LogP contribution >= 0.6 is 0 Å². The van der Waals surface area contributed by atoms with Crippen molar-refractivity contribution in [2.24, 2.45) is 0 Å². The van der Waals surface area contributed by atoms with E-state index in [9.17, 15) is 0 Å². The van der Waals surface area contributed by atoms with Crippen molar-refractivity contribution in [3.8, 4) is 0 Å². The molecule has 0 radical (unpaired) electrons. The predicted molar refractivity (Wildman–Crippen MR) is 65.4 cm³/mol. The minimum absolute atomic E-state index is 0.296. The third kappa shape index (κ3) is 2.64. The van der Waals surface area contributed by atoms with Gasteiger partial charge in [-0.2, -0.15) is 5.10 Å². The molecular weight excluding hydrogens is 216 g/mol. The predicted octanol–water partition coefficient (Wildman–Crippen LogP) is 1.47. The highest BCUT2D eigenvalue weighted by Crippen LogP contribution is 2.14. The molecule has 0 aliphatic heterocycles. The fourth-order valence-corrected chi connectivity index (χ4v) is 1.88. The number of rotatable bonds is 5. The monoisotopic (exact) mass is 234 g/mol. The van der Waals surface area contributed by atoms with Gasteiger partial charge >= 0.3 is 0 Å². The molecule has 0 fully saturated rings. The summed E-state index contributed by atoms with van der Waals surface area (Å²) in [5, 5.41) is 8.58. The van der Waals surface area contributed by atoms with Crippen LogP contribution in [0.5, 0.6) is 0 Å². The SMILES string of the molecule is CCC(CC)n1ccc(Cn2cnc(N)n2)n1. The van der Waals surface area contributed by atoms with Gasteiger partial charge in [-0.1, -0.05) is 13.8 Å². The van der Waals surface area contributed by atoms with Gasteiger partial charge in [0, 0.05) is 6.20 Å². The maximum Gasteiger partial charge on any atom is 0.239 e. The van der Waals surface area contributed by atoms with Crippen LogP contribution in [0.15, 0.2) is 18.6 Å². The van der Waals surface area contributed by atoms with Crippen molar-refractivity contribution in [3.05, 3.63) is 24.3 Å². The molecule has 6 nitrogen and oxygen atoms in total. The average Bonchev–Trinajstić information content (AvgIpc) is 2.91. The van der Waals surface area contributed by atoms with Crippen LogP contribution in [0.2, 0.25) is 0 Å². The molecule has 0 aliphatic carbocycles. The number of aromatic nitrogens is 5. The summed E-state index contributed by atoms with van der Waals surface area (Å²) in [6, 6.07) is 2.49. The van der Waals surface area contributed by atoms with Gasteiger partial charge in [-0.15, -0.1) is 5.10 Å². The van der Waals surface area contributed by atoms with Crippen LogP contribution in [0.3, 0.4) is 0 Å². The van der Waals surface area contributed by atoms with Crippen molar-refractivity contribution in [3.63, 3.8) is 0 Å². The Morgan fingerprint density at radius 2 is 2.06 bits per heavy atom. The molecule has 0 spiro atoms. The molecule has 2 rings (SSSR count). The number of hydrogen-bond donors (Lipinski definition) is 1. The maximum absolute atomic E-state index is 5.46. The highest BCUT2D eigenvalue weighted by Gasteiger charge is 2.08. The minimum Gasteiger partial charge on any atom is -0.367 e. The Bertz CT molecular complexity index is 468. The van der Waals surface area contributed by atoms with Gasteiger partial charge in [0.2, 0.25) is 5.95 Å². The van der Waals surface area contributed by atoms with E-state index in [4.69, 9.17) is 5.73 Å². The Labute approximate surface area is 100 Å². The zero-order valence-corrected chi connectivity index (χ0v) is 10.2. The van der Waals surface area contributed by atoms with Gasteiger partial charge in [-0.3, -0.25) is 4.68 Å². The third-order valence-electron chi connectivity index (χ3n) is 2.86. The number of nitrogens with zero attached hydrogens (tertiary/aromatic N) is 5. The van der Waals surface area contributed by atoms with Gasteiger partial charge in [-0.25, -0.2) is 9.67 Å². The highest BCUT2D eigenvalue weighted by atomic mass is 15.4. The first-order valence-electron chi connectivity index (χ1n) is 5.91. The second-order valence-electron chi connectivity index (χ2n) is 4.06. The Hall–Kier alpha value is -1.85. The lowest BCUT2D eigenvalue weighted by Crippen LogP contribution is -2.09. The van der Waals surface area contributed by atoms with Crippen LogP contribution in [-0.2, 0) is 6.54 Å². The molecule has 0 saturated heterocycles. The van der Waals surface area contributed by atoms with Crippen molar-refractivity contribution < 1.29 is 0 Å². The molecule has 2 N–H and O–H groups in total. The van der Waals surface area contributed by atoms with Crippen LogP contribution in [0.4, 0.5) is 5.95 Å². The van der Waals surface area contributed by atoms with E-state index in [-0.39, 0.29) is 0 Å². The van der Waals surface area contributed by atoms with Gasteiger partial charge in [0.05, 0.1) is 18.3 Å². The summed E-state index contributed by atoms with van der Waals surface area (Å²) in [6.07, 6.45) is 5.82. The summed E-state index contributed by atoms with van der Waals surface area (Å²) in [4.78, 5) is 3.88. The second-order valence-corrected chi connectivity index (χ2v) is 4.06.